The van der Waals surface area contributed by atoms with E-state index in [2.05, 4.69) is 39.8 Å². The van der Waals surface area contributed by atoms with Crippen LogP contribution in [0.15, 0.2) is 42.5 Å². The molecule has 0 aliphatic carbocycles. The lowest BCUT2D eigenvalue weighted by molar-refractivity contribution is -0.918. The first-order valence-corrected chi connectivity index (χ1v) is 10.7. The van der Waals surface area contributed by atoms with Gasteiger partial charge in [0, 0.05) is 48.9 Å². The molecule has 3 N–H and O–H groups in total. The van der Waals surface area contributed by atoms with Crippen LogP contribution in [0.5, 0.6) is 0 Å². The number of halogens is 1. The number of amides is 2. The van der Waals surface area contributed by atoms with Gasteiger partial charge in [0.05, 0.1) is 19.6 Å². The molecule has 1 aliphatic heterocycles. The number of benzene rings is 2. The van der Waals surface area contributed by atoms with Gasteiger partial charge < -0.3 is 20.4 Å². The highest BCUT2D eigenvalue weighted by atomic mass is 35.5. The summed E-state index contributed by atoms with van der Waals surface area (Å²) < 4.78 is 0. The third-order valence-electron chi connectivity index (χ3n) is 5.74. The van der Waals surface area contributed by atoms with Gasteiger partial charge in [0.2, 0.25) is 0 Å². The summed E-state index contributed by atoms with van der Waals surface area (Å²) in [4.78, 5) is 28.4. The zero-order valence-corrected chi connectivity index (χ0v) is 18.6. The van der Waals surface area contributed by atoms with Crippen molar-refractivity contribution in [3.8, 4) is 0 Å². The third-order valence-corrected chi connectivity index (χ3v) is 6.15. The van der Waals surface area contributed by atoms with Crippen LogP contribution < -0.4 is 20.4 Å². The number of anilines is 2. The fourth-order valence-electron chi connectivity index (χ4n) is 3.88. The predicted molar refractivity (Wildman–Crippen MR) is 121 cm³/mol. The number of carbonyl (C=O) groups is 2. The third kappa shape index (κ3) is 5.32. The average molecular weight is 430 g/mol. The second-order valence-electron chi connectivity index (χ2n) is 7.98. The lowest BCUT2D eigenvalue weighted by Crippen LogP contribution is -3.11. The molecule has 0 spiro atoms. The van der Waals surface area contributed by atoms with Gasteiger partial charge in [0.25, 0.3) is 0 Å². The maximum absolute atomic E-state index is 12.5. The van der Waals surface area contributed by atoms with Gasteiger partial charge in [-0.1, -0.05) is 29.8 Å². The molecule has 6 nitrogen and oxygen atoms in total. The topological polar surface area (TPSA) is 65.9 Å². The molecular weight excluding hydrogens is 400 g/mol. The van der Waals surface area contributed by atoms with Crippen LogP contribution >= 0.6 is 11.6 Å². The van der Waals surface area contributed by atoms with Gasteiger partial charge >= 0.3 is 11.8 Å². The van der Waals surface area contributed by atoms with Crippen LogP contribution in [0, 0.1) is 6.92 Å². The Hall–Kier alpha value is -2.57. The van der Waals surface area contributed by atoms with Crippen LogP contribution in [0.25, 0.3) is 0 Å². The molecule has 2 amide bonds. The van der Waals surface area contributed by atoms with Gasteiger partial charge in [0.15, 0.2) is 0 Å². The molecule has 1 saturated heterocycles. The molecular formula is C23H30ClN4O2+. The van der Waals surface area contributed by atoms with Crippen molar-refractivity contribution in [2.75, 3.05) is 43.9 Å². The Bertz CT molecular complexity index is 893. The maximum atomic E-state index is 12.5. The summed E-state index contributed by atoms with van der Waals surface area (Å²) in [6, 6.07) is 13.8. The molecule has 0 bridgehead atoms. The van der Waals surface area contributed by atoms with Crippen molar-refractivity contribution >= 4 is 34.8 Å². The largest absolute Gasteiger partial charge is 0.378 e. The average Bonchev–Trinajstić information content (AvgIpc) is 3.26. The maximum Gasteiger partial charge on any atom is 0.313 e. The normalized spacial score (nSPS) is 14.9. The lowest BCUT2D eigenvalue weighted by atomic mass is 10.0. The van der Waals surface area contributed by atoms with Crippen molar-refractivity contribution in [3.05, 3.63) is 58.6 Å². The summed E-state index contributed by atoms with van der Waals surface area (Å²) in [5, 5.41) is 6.04. The molecule has 1 aliphatic rings. The fourth-order valence-corrected chi connectivity index (χ4v) is 4.05. The highest BCUT2D eigenvalue weighted by Gasteiger charge is 2.28. The fraction of sp³-hybridized carbons (Fsp3) is 0.391. The summed E-state index contributed by atoms with van der Waals surface area (Å²) in [5.74, 6) is -1.32. The minimum Gasteiger partial charge on any atom is -0.378 e. The highest BCUT2D eigenvalue weighted by molar-refractivity contribution is 6.40. The molecule has 3 rings (SSSR count). The molecule has 1 fully saturated rings. The van der Waals surface area contributed by atoms with Gasteiger partial charge in [-0.25, -0.2) is 0 Å². The highest BCUT2D eigenvalue weighted by Crippen LogP contribution is 2.23. The Kier molecular flexibility index (Phi) is 7.34. The Balaban J connectivity index is 1.66. The van der Waals surface area contributed by atoms with Crippen molar-refractivity contribution in [3.63, 3.8) is 0 Å². The van der Waals surface area contributed by atoms with Crippen molar-refractivity contribution < 1.29 is 14.5 Å². The molecule has 7 heteroatoms. The van der Waals surface area contributed by atoms with E-state index in [1.54, 1.807) is 25.1 Å². The number of likely N-dealkylation sites (tertiary alicyclic amines) is 1. The first-order valence-electron chi connectivity index (χ1n) is 10.3. The summed E-state index contributed by atoms with van der Waals surface area (Å²) in [6.45, 7) is 4.37. The molecule has 0 unspecified atom stereocenters. The first-order chi connectivity index (χ1) is 14.4. The molecule has 1 heterocycles. The summed E-state index contributed by atoms with van der Waals surface area (Å²) >= 11 is 6.09. The number of hydrogen-bond acceptors (Lipinski definition) is 3. The van der Waals surface area contributed by atoms with E-state index in [0.29, 0.717) is 17.3 Å². The number of rotatable bonds is 6. The van der Waals surface area contributed by atoms with Crippen molar-refractivity contribution in [2.45, 2.75) is 25.8 Å². The minimum atomic E-state index is -0.682. The number of carbonyl (C=O) groups excluding carboxylic acids is 2. The molecule has 0 saturated carbocycles. The molecule has 30 heavy (non-hydrogen) atoms. The number of quaternary nitrogens is 1. The monoisotopic (exact) mass is 429 g/mol. The van der Waals surface area contributed by atoms with Gasteiger partial charge in [0.1, 0.15) is 6.04 Å². The van der Waals surface area contributed by atoms with E-state index in [1.165, 1.54) is 23.3 Å². The van der Waals surface area contributed by atoms with Crippen molar-refractivity contribution in [1.82, 2.24) is 5.32 Å². The van der Waals surface area contributed by atoms with Crippen molar-refractivity contribution in [2.24, 2.45) is 0 Å². The van der Waals surface area contributed by atoms with Gasteiger partial charge in [-0.15, -0.1) is 0 Å². The van der Waals surface area contributed by atoms with Crippen LogP contribution in [0.3, 0.4) is 0 Å². The number of nitrogens with one attached hydrogen (secondary N) is 3. The van der Waals surface area contributed by atoms with Crippen LogP contribution in [-0.2, 0) is 9.59 Å². The Morgan fingerprint density at radius 3 is 2.37 bits per heavy atom. The van der Waals surface area contributed by atoms with Crippen LogP contribution in [0.4, 0.5) is 11.4 Å². The first kappa shape index (κ1) is 22.1. The Morgan fingerprint density at radius 1 is 1.07 bits per heavy atom. The van der Waals surface area contributed by atoms with E-state index in [1.807, 2.05) is 14.1 Å². The number of nitrogens with zero attached hydrogens (tertiary/aromatic N) is 1. The molecule has 1 atom stereocenters. The van der Waals surface area contributed by atoms with Gasteiger partial charge in [-0.05, 0) is 36.8 Å². The molecule has 0 radical (unpaired) electrons. The second kappa shape index (κ2) is 9.96. The van der Waals surface area contributed by atoms with E-state index in [0.717, 1.165) is 24.3 Å². The molecule has 2 aromatic carbocycles. The quantitative estimate of drug-likeness (QED) is 0.617. The minimum absolute atomic E-state index is 0.119. The summed E-state index contributed by atoms with van der Waals surface area (Å²) in [5.41, 5.74) is 3.59. The lowest BCUT2D eigenvalue weighted by Gasteiger charge is -2.25. The van der Waals surface area contributed by atoms with Crippen LogP contribution in [0.2, 0.25) is 5.02 Å². The Morgan fingerprint density at radius 2 is 1.73 bits per heavy atom. The van der Waals surface area contributed by atoms with E-state index >= 15 is 0 Å². The zero-order valence-electron chi connectivity index (χ0n) is 17.8. The summed E-state index contributed by atoms with van der Waals surface area (Å²) in [7, 11) is 4.03. The predicted octanol–water partition coefficient (Wildman–Crippen LogP) is 2.19. The number of hydrogen-bond donors (Lipinski definition) is 3. The van der Waals surface area contributed by atoms with E-state index in [-0.39, 0.29) is 6.04 Å². The van der Waals surface area contributed by atoms with Crippen LogP contribution in [0.1, 0.15) is 30.0 Å². The van der Waals surface area contributed by atoms with Gasteiger partial charge in [-0.2, -0.15) is 0 Å². The van der Waals surface area contributed by atoms with Crippen molar-refractivity contribution in [1.29, 1.82) is 0 Å². The van der Waals surface area contributed by atoms with Crippen LogP contribution in [-0.4, -0.2) is 45.5 Å². The standard InChI is InChI=1S/C23H29ClN4O2/c1-16-19(24)7-6-8-20(16)26-23(30)22(29)25-15-21(28-13-4-5-14-28)17-9-11-18(12-10-17)27(2)3/h6-12,21H,4-5,13-15H2,1-3H3,(H,25,29)(H,26,30)/p+1/t21-/m0/s1. The van der Waals surface area contributed by atoms with E-state index in [9.17, 15) is 9.59 Å². The van der Waals surface area contributed by atoms with E-state index < -0.39 is 11.8 Å². The SMILES string of the molecule is Cc1c(Cl)cccc1NC(=O)C(=O)NC[C@@H](c1ccc(N(C)C)cc1)[NH+]1CCCC1. The Labute approximate surface area is 183 Å². The second-order valence-corrected chi connectivity index (χ2v) is 8.39. The van der Waals surface area contributed by atoms with E-state index in [4.69, 9.17) is 11.6 Å². The molecule has 160 valence electrons. The smallest absolute Gasteiger partial charge is 0.313 e. The van der Waals surface area contributed by atoms with Gasteiger partial charge in [-0.3, -0.25) is 9.59 Å². The molecule has 0 aromatic heterocycles. The zero-order chi connectivity index (χ0) is 21.7. The molecule has 2 aromatic rings. The summed E-state index contributed by atoms with van der Waals surface area (Å²) in [6.07, 6.45) is 2.37.